The highest BCUT2D eigenvalue weighted by Crippen LogP contribution is 2.31. The quantitative estimate of drug-likeness (QED) is 0.804. The van der Waals surface area contributed by atoms with Crippen LogP contribution in [0.5, 0.6) is 0 Å². The molecule has 0 spiro atoms. The lowest BCUT2D eigenvalue weighted by atomic mass is 9.99. The minimum absolute atomic E-state index is 0.239. The molecule has 21 heavy (non-hydrogen) atoms. The number of hydrogen-bond donors (Lipinski definition) is 0. The topological polar surface area (TPSA) is 29.0 Å². The molecule has 0 amide bonds. The summed E-state index contributed by atoms with van der Waals surface area (Å²) in [6, 6.07) is 6.47. The molecule has 0 N–H and O–H groups in total. The van der Waals surface area contributed by atoms with Gasteiger partial charge in [-0.3, -0.25) is 0 Å². The summed E-state index contributed by atoms with van der Waals surface area (Å²) in [7, 11) is 6.59. The Morgan fingerprint density at radius 1 is 1.14 bits per heavy atom. The van der Waals surface area contributed by atoms with Crippen molar-refractivity contribution in [3.05, 3.63) is 41.3 Å². The van der Waals surface area contributed by atoms with Crippen LogP contribution in [-0.4, -0.2) is 24.1 Å². The van der Waals surface area contributed by atoms with Crippen LogP contribution in [0.4, 0.5) is 10.3 Å². The van der Waals surface area contributed by atoms with Crippen molar-refractivity contribution in [2.45, 2.75) is 25.9 Å². The number of rotatable bonds is 4. The van der Waals surface area contributed by atoms with Crippen LogP contribution in [0.3, 0.4) is 0 Å². The maximum absolute atomic E-state index is 13.2. The molecule has 0 saturated heterocycles. The summed E-state index contributed by atoms with van der Waals surface area (Å²) in [5, 5.41) is 0. The molecule has 0 bridgehead atoms. The zero-order chi connectivity index (χ0) is 15.6. The fraction of sp³-hybridized carbons (Fsp3) is 0.375. The molecule has 1 aromatic carbocycles. The first-order chi connectivity index (χ1) is 9.93. The van der Waals surface area contributed by atoms with Gasteiger partial charge in [-0.25, -0.2) is 14.4 Å². The van der Waals surface area contributed by atoms with Crippen LogP contribution < -0.4 is 4.90 Å². The third-order valence-corrected chi connectivity index (χ3v) is 3.70. The van der Waals surface area contributed by atoms with Crippen LogP contribution in [-0.2, 0) is 6.16 Å². The lowest BCUT2D eigenvalue weighted by Gasteiger charge is -2.19. The van der Waals surface area contributed by atoms with Crippen LogP contribution in [0.25, 0.3) is 11.3 Å². The summed E-state index contributed by atoms with van der Waals surface area (Å²) in [5.74, 6) is 0.749. The van der Waals surface area contributed by atoms with Gasteiger partial charge in [0.15, 0.2) is 0 Å². The van der Waals surface area contributed by atoms with Gasteiger partial charge < -0.3 is 4.90 Å². The normalized spacial score (nSPS) is 11.0. The van der Waals surface area contributed by atoms with Gasteiger partial charge in [0.2, 0.25) is 5.95 Å². The molecule has 1 heterocycles. The Balaban J connectivity index is 2.69. The van der Waals surface area contributed by atoms with Crippen LogP contribution in [0.15, 0.2) is 24.3 Å². The van der Waals surface area contributed by atoms with E-state index < -0.39 is 0 Å². The number of hydrogen-bond acceptors (Lipinski definition) is 3. The third-order valence-electron chi connectivity index (χ3n) is 3.30. The molecule has 1 atom stereocenters. The van der Waals surface area contributed by atoms with Crippen molar-refractivity contribution in [2.24, 2.45) is 0 Å². The molecule has 2 aromatic rings. The van der Waals surface area contributed by atoms with Gasteiger partial charge in [0, 0.05) is 25.2 Å². The van der Waals surface area contributed by atoms with Crippen molar-refractivity contribution in [3.63, 3.8) is 0 Å². The van der Waals surface area contributed by atoms with Crippen LogP contribution in [0.2, 0.25) is 0 Å². The summed E-state index contributed by atoms with van der Waals surface area (Å²) in [5.41, 5.74) is 3.95. The van der Waals surface area contributed by atoms with Gasteiger partial charge in [-0.05, 0) is 36.3 Å². The predicted molar refractivity (Wildman–Crippen MR) is 89.3 cm³/mol. The van der Waals surface area contributed by atoms with Crippen molar-refractivity contribution < 1.29 is 4.39 Å². The number of anilines is 1. The smallest absolute Gasteiger partial charge is 0.225 e. The number of halogens is 1. The van der Waals surface area contributed by atoms with Crippen LogP contribution in [0.1, 0.15) is 31.0 Å². The van der Waals surface area contributed by atoms with Gasteiger partial charge in [0.05, 0.1) is 11.4 Å². The van der Waals surface area contributed by atoms with Gasteiger partial charge in [-0.2, -0.15) is 0 Å². The molecule has 0 radical (unpaired) electrons. The lowest BCUT2D eigenvalue weighted by molar-refractivity contribution is 0.628. The van der Waals surface area contributed by atoms with Crippen LogP contribution >= 0.6 is 9.24 Å². The van der Waals surface area contributed by atoms with E-state index in [-0.39, 0.29) is 5.82 Å². The summed E-state index contributed by atoms with van der Waals surface area (Å²) < 4.78 is 13.2. The van der Waals surface area contributed by atoms with Gasteiger partial charge in [-0.15, -0.1) is 9.24 Å². The second-order valence-electron chi connectivity index (χ2n) is 5.50. The summed E-state index contributed by atoms with van der Waals surface area (Å²) in [4.78, 5) is 11.2. The monoisotopic (exact) mass is 305 g/mol. The van der Waals surface area contributed by atoms with Crippen molar-refractivity contribution in [1.82, 2.24) is 9.97 Å². The average molecular weight is 305 g/mol. The molecule has 112 valence electrons. The van der Waals surface area contributed by atoms with Crippen molar-refractivity contribution in [2.75, 3.05) is 19.0 Å². The molecular formula is C16H21FN3P. The second-order valence-corrected chi connectivity index (χ2v) is 5.90. The Bertz CT molecular complexity index is 624. The standard InChI is InChI=1S/C16H21FN3P/c1-10(2)14-13(9-21)15(19-16(18-14)20(3)4)11-5-7-12(17)8-6-11/h5-8,10H,9,21H2,1-4H3. The van der Waals surface area contributed by atoms with Crippen LogP contribution in [0, 0.1) is 5.82 Å². The van der Waals surface area contributed by atoms with E-state index in [4.69, 9.17) is 0 Å². The first-order valence-corrected chi connectivity index (χ1v) is 7.79. The Morgan fingerprint density at radius 2 is 1.76 bits per heavy atom. The average Bonchev–Trinajstić information content (AvgIpc) is 2.46. The Kier molecular flexibility index (Phi) is 4.89. The summed E-state index contributed by atoms with van der Waals surface area (Å²) in [6.07, 6.45) is 0.772. The molecule has 0 aliphatic rings. The van der Waals surface area contributed by atoms with Gasteiger partial charge in [0.25, 0.3) is 0 Å². The predicted octanol–water partition coefficient (Wildman–Crippen LogP) is 3.85. The largest absolute Gasteiger partial charge is 0.347 e. The van der Waals surface area contributed by atoms with E-state index in [9.17, 15) is 4.39 Å². The summed E-state index contributed by atoms with van der Waals surface area (Å²) >= 11 is 0. The highest BCUT2D eigenvalue weighted by atomic mass is 31.0. The first kappa shape index (κ1) is 15.8. The van der Waals surface area contributed by atoms with E-state index in [0.29, 0.717) is 11.9 Å². The fourth-order valence-electron chi connectivity index (χ4n) is 2.21. The molecule has 1 aromatic heterocycles. The van der Waals surface area contributed by atoms with E-state index in [1.807, 2.05) is 19.0 Å². The summed E-state index contributed by atoms with van der Waals surface area (Å²) in [6.45, 7) is 4.25. The zero-order valence-electron chi connectivity index (χ0n) is 12.9. The number of aromatic nitrogens is 2. The molecular weight excluding hydrogens is 284 g/mol. The van der Waals surface area contributed by atoms with Gasteiger partial charge >= 0.3 is 0 Å². The minimum atomic E-state index is -0.239. The van der Waals surface area contributed by atoms with E-state index in [2.05, 4.69) is 33.1 Å². The third kappa shape index (κ3) is 3.38. The number of benzene rings is 1. The second kappa shape index (κ2) is 6.48. The highest BCUT2D eigenvalue weighted by molar-refractivity contribution is 7.15. The first-order valence-electron chi connectivity index (χ1n) is 6.98. The van der Waals surface area contributed by atoms with E-state index >= 15 is 0 Å². The molecule has 5 heteroatoms. The van der Waals surface area contributed by atoms with Gasteiger partial charge in [-0.1, -0.05) is 13.8 Å². The minimum Gasteiger partial charge on any atom is -0.347 e. The molecule has 3 nitrogen and oxygen atoms in total. The maximum Gasteiger partial charge on any atom is 0.225 e. The Morgan fingerprint density at radius 3 is 2.24 bits per heavy atom. The SMILES string of the molecule is CC(C)c1nc(N(C)C)nc(-c2ccc(F)cc2)c1CP. The lowest BCUT2D eigenvalue weighted by Crippen LogP contribution is -2.16. The van der Waals surface area contributed by atoms with Crippen molar-refractivity contribution in [3.8, 4) is 11.3 Å². The fourth-order valence-corrected chi connectivity index (χ4v) is 2.62. The van der Waals surface area contributed by atoms with Crippen molar-refractivity contribution in [1.29, 1.82) is 0 Å². The molecule has 0 fully saturated rings. The van der Waals surface area contributed by atoms with Crippen molar-refractivity contribution >= 4 is 15.2 Å². The molecule has 1 unspecified atom stereocenters. The molecule has 2 rings (SSSR count). The van der Waals surface area contributed by atoms with Gasteiger partial charge in [0.1, 0.15) is 5.82 Å². The number of nitrogens with zero attached hydrogens (tertiary/aromatic N) is 3. The Labute approximate surface area is 127 Å². The van der Waals surface area contributed by atoms with E-state index in [1.54, 1.807) is 12.1 Å². The molecule has 0 aliphatic carbocycles. The zero-order valence-corrected chi connectivity index (χ0v) is 14.0. The maximum atomic E-state index is 13.2. The highest BCUT2D eigenvalue weighted by Gasteiger charge is 2.17. The molecule has 0 aliphatic heterocycles. The van der Waals surface area contributed by atoms with E-state index in [1.165, 1.54) is 12.1 Å². The Hall–Kier alpha value is -1.54. The van der Waals surface area contributed by atoms with E-state index in [0.717, 1.165) is 28.7 Å². The molecule has 0 saturated carbocycles.